The van der Waals surface area contributed by atoms with Gasteiger partial charge in [-0.2, -0.15) is 0 Å². The van der Waals surface area contributed by atoms with E-state index in [9.17, 15) is 0 Å². The molecular weight excluding hydrogens is 543 g/mol. The Labute approximate surface area is 106 Å². The zero-order valence-corrected chi connectivity index (χ0v) is 12.7. The van der Waals surface area contributed by atoms with Crippen LogP contribution in [0.25, 0.3) is 0 Å². The second-order valence-corrected chi connectivity index (χ2v) is 4.68. The Morgan fingerprint density at radius 3 is 0.438 bits per heavy atom. The standard InChI is InChI=1S/3Mn.12O.Re/q;;;;;;;;;;;;3*-1;+3. The summed E-state index contributed by atoms with van der Waals surface area (Å²) < 4.78 is 103. The normalized spacial score (nSPS) is 10.7. The molecule has 0 aliphatic rings. The van der Waals surface area contributed by atoms with E-state index in [0.717, 1.165) is 0 Å². The van der Waals surface area contributed by atoms with E-state index < -0.39 is 38.9 Å². The van der Waals surface area contributed by atoms with Crippen LogP contribution >= 0.6 is 0 Å². The van der Waals surface area contributed by atoms with Crippen molar-refractivity contribution in [1.82, 2.24) is 0 Å². The van der Waals surface area contributed by atoms with Crippen LogP contribution in [0, 0.1) is 0 Å². The molecule has 0 bridgehead atoms. The van der Waals surface area contributed by atoms with Crippen LogP contribution in [-0.4, -0.2) is 0 Å². The quantitative estimate of drug-likeness (QED) is 0.263. The van der Waals surface area contributed by atoms with E-state index in [0.29, 0.717) is 0 Å². The SMILES string of the molecule is [O]=[Mn](=[O])(=[O])[O-].[O]=[Mn](=[O])(=[O])[O-].[O]=[Mn](=[O])(=[O])[O-].[Re+3]. The van der Waals surface area contributed by atoms with Gasteiger partial charge in [0.05, 0.1) is 0 Å². The van der Waals surface area contributed by atoms with E-state index in [1.165, 1.54) is 0 Å². The van der Waals surface area contributed by atoms with Gasteiger partial charge in [0, 0.05) is 0 Å². The molecule has 0 spiro atoms. The second kappa shape index (κ2) is 9.34. The maximum absolute atomic E-state index is 8.58. The third-order valence-corrected chi connectivity index (χ3v) is 0. The molecule has 16 heteroatoms. The molecule has 0 fully saturated rings. The fraction of sp³-hybridized carbons (Fsp3) is 0. The van der Waals surface area contributed by atoms with Gasteiger partial charge in [-0.15, -0.1) is 0 Å². The summed E-state index contributed by atoms with van der Waals surface area (Å²) in [5.74, 6) is 0. The van der Waals surface area contributed by atoms with Crippen molar-refractivity contribution in [2.75, 3.05) is 0 Å². The van der Waals surface area contributed by atoms with Crippen LogP contribution < -0.4 is 12.6 Å². The molecule has 0 aromatic rings. The maximum atomic E-state index is 8.58. The number of rotatable bonds is 0. The van der Waals surface area contributed by atoms with E-state index >= 15 is 0 Å². The zero-order chi connectivity index (χ0) is 13.5. The van der Waals surface area contributed by atoms with Gasteiger partial charge in [-0.1, -0.05) is 0 Å². The minimum absolute atomic E-state index is 0. The van der Waals surface area contributed by atoms with Crippen molar-refractivity contribution < 1.29 is 106 Å². The van der Waals surface area contributed by atoms with E-state index in [1.807, 2.05) is 0 Å². The summed E-state index contributed by atoms with van der Waals surface area (Å²) in [6, 6.07) is 0. The van der Waals surface area contributed by atoms with E-state index in [1.54, 1.807) is 0 Å². The van der Waals surface area contributed by atoms with Gasteiger partial charge in [0.1, 0.15) is 0 Å². The molecular formula is Mn3O12Re. The first-order chi connectivity index (χ1) is 6.00. The Morgan fingerprint density at radius 2 is 0.438 bits per heavy atom. The number of hydrogen-bond acceptors (Lipinski definition) is 12. The molecule has 0 rings (SSSR count). The summed E-state index contributed by atoms with van der Waals surface area (Å²) in [7, 11) is 0. The Morgan fingerprint density at radius 1 is 0.438 bits per heavy atom. The van der Waals surface area contributed by atoms with Crippen molar-refractivity contribution >= 4 is 0 Å². The molecule has 0 saturated heterocycles. The van der Waals surface area contributed by atoms with Crippen LogP contribution in [0.15, 0.2) is 0 Å². The largest absolute Gasteiger partial charge is 3.00 e. The molecule has 12 nitrogen and oxygen atoms in total. The van der Waals surface area contributed by atoms with Crippen LogP contribution in [0.4, 0.5) is 0 Å². The van der Waals surface area contributed by atoms with Gasteiger partial charge in [0.15, 0.2) is 0 Å². The smallest absolute Gasteiger partial charge is 3.00 e. The Balaban J connectivity index is -0.0000000655. The summed E-state index contributed by atoms with van der Waals surface area (Å²) in [4.78, 5) is 0. The van der Waals surface area contributed by atoms with Crippen LogP contribution in [0.3, 0.4) is 0 Å². The number of hydrogen-bond donors (Lipinski definition) is 0. The van der Waals surface area contributed by atoms with Crippen LogP contribution in [0.1, 0.15) is 0 Å². The van der Waals surface area contributed by atoms with Gasteiger partial charge in [0.25, 0.3) is 0 Å². The minimum atomic E-state index is -5.62. The van der Waals surface area contributed by atoms with Crippen LogP contribution in [-0.2, 0) is 93.8 Å². The first kappa shape index (κ1) is 25.2. The molecule has 0 radical (unpaired) electrons. The first-order valence-corrected chi connectivity index (χ1v) is 7.63. The second-order valence-electron chi connectivity index (χ2n) is 1.13. The molecule has 0 aliphatic carbocycles. The fourth-order valence-corrected chi connectivity index (χ4v) is 0. The molecule has 0 aromatic carbocycles. The van der Waals surface area contributed by atoms with Crippen molar-refractivity contribution in [2.45, 2.75) is 0 Å². The minimum Gasteiger partial charge on any atom is 3.00 e. The molecule has 0 atom stereocenters. The first-order valence-electron chi connectivity index (χ1n) is 1.85. The summed E-state index contributed by atoms with van der Waals surface area (Å²) >= 11 is -16.9. The van der Waals surface area contributed by atoms with Crippen molar-refractivity contribution in [3.63, 3.8) is 0 Å². The molecule has 0 saturated carbocycles. The molecule has 100 valence electrons. The average Bonchev–Trinajstić information content (AvgIpc) is 1.41. The Bertz CT molecular complexity index is 480. The molecule has 0 amide bonds. The van der Waals surface area contributed by atoms with Crippen LogP contribution in [0.2, 0.25) is 0 Å². The average molecular weight is 543 g/mol. The van der Waals surface area contributed by atoms with Gasteiger partial charge in [-0.25, -0.2) is 0 Å². The van der Waals surface area contributed by atoms with Crippen molar-refractivity contribution in [2.24, 2.45) is 0 Å². The van der Waals surface area contributed by atoms with Crippen molar-refractivity contribution in [3.05, 3.63) is 0 Å². The summed E-state index contributed by atoms with van der Waals surface area (Å²) in [5.41, 5.74) is 0. The van der Waals surface area contributed by atoms with Crippen LogP contribution in [0.5, 0.6) is 0 Å². The Hall–Kier alpha value is 0.301. The van der Waals surface area contributed by atoms with E-state index in [-0.39, 0.29) is 20.4 Å². The van der Waals surface area contributed by atoms with Gasteiger partial charge in [0.2, 0.25) is 0 Å². The fourth-order valence-electron chi connectivity index (χ4n) is 0. The van der Waals surface area contributed by atoms with Gasteiger partial charge >= 0.3 is 106 Å². The van der Waals surface area contributed by atoms with Crippen molar-refractivity contribution in [1.29, 1.82) is 0 Å². The van der Waals surface area contributed by atoms with Gasteiger partial charge in [-0.05, 0) is 0 Å². The maximum Gasteiger partial charge on any atom is 3.00 e. The predicted octanol–water partition coefficient (Wildman–Crippen LogP) is -4.65. The third-order valence-electron chi connectivity index (χ3n) is 0. The molecule has 16 heavy (non-hydrogen) atoms. The molecule has 0 heterocycles. The molecule has 0 aromatic heterocycles. The predicted molar refractivity (Wildman–Crippen MR) is 6.18 cm³/mol. The van der Waals surface area contributed by atoms with E-state index in [4.69, 9.17) is 47.1 Å². The van der Waals surface area contributed by atoms with Gasteiger partial charge in [-0.3, -0.25) is 0 Å². The topological polar surface area (TPSA) is 223 Å². The van der Waals surface area contributed by atoms with Gasteiger partial charge < -0.3 is 0 Å². The summed E-state index contributed by atoms with van der Waals surface area (Å²) in [6.07, 6.45) is 0. The Kier molecular flexibility index (Phi) is 14.7. The zero-order valence-electron chi connectivity index (χ0n) is 6.41. The molecule has 0 aliphatic heterocycles. The van der Waals surface area contributed by atoms with E-state index in [2.05, 4.69) is 0 Å². The third kappa shape index (κ3) is 28000. The molecule has 0 unspecified atom stereocenters. The van der Waals surface area contributed by atoms with Crippen molar-refractivity contribution in [3.8, 4) is 0 Å². The molecule has 0 N–H and O–H groups in total. The summed E-state index contributed by atoms with van der Waals surface area (Å²) in [5, 5.41) is 0. The monoisotopic (exact) mass is 544 g/mol. The summed E-state index contributed by atoms with van der Waals surface area (Å²) in [6.45, 7) is 0.